The van der Waals surface area contributed by atoms with Crippen molar-refractivity contribution in [1.29, 1.82) is 0 Å². The van der Waals surface area contributed by atoms with Gasteiger partial charge in [0.25, 0.3) is 0 Å². The minimum atomic E-state index is -0.340. The van der Waals surface area contributed by atoms with Crippen molar-refractivity contribution in [2.45, 2.75) is 25.8 Å². The summed E-state index contributed by atoms with van der Waals surface area (Å²) in [5.74, 6) is -0.340. The van der Waals surface area contributed by atoms with Gasteiger partial charge in [-0.15, -0.1) is 0 Å². The molecule has 0 atom stereocenters. The molecule has 2 N–H and O–H groups in total. The number of hydrogen-bond donors (Lipinski definition) is 1. The van der Waals surface area contributed by atoms with Crippen LogP contribution in [-0.2, 0) is 0 Å². The molecule has 0 aliphatic carbocycles. The summed E-state index contributed by atoms with van der Waals surface area (Å²) in [4.78, 5) is 4.69. The summed E-state index contributed by atoms with van der Waals surface area (Å²) in [5.41, 5.74) is 6.85. The fraction of sp³-hybridized carbons (Fsp3) is 0.533. The Morgan fingerprint density at radius 2 is 2.10 bits per heavy atom. The Morgan fingerprint density at radius 1 is 1.45 bits per heavy atom. The largest absolute Gasteiger partial charge is 0.389 e. The van der Waals surface area contributed by atoms with Crippen LogP contribution in [0.4, 0.5) is 10.1 Å². The lowest BCUT2D eigenvalue weighted by atomic mass is 10.0. The second-order valence-corrected chi connectivity index (χ2v) is 5.71. The molecule has 110 valence electrons. The molecule has 1 aliphatic heterocycles. The molecule has 0 aromatic heterocycles. The van der Waals surface area contributed by atoms with Crippen molar-refractivity contribution in [3.63, 3.8) is 0 Å². The summed E-state index contributed by atoms with van der Waals surface area (Å²) in [5, 5.41) is 0. The Hall–Kier alpha value is -1.20. The number of halogens is 1. The van der Waals surface area contributed by atoms with Crippen LogP contribution in [0.15, 0.2) is 18.2 Å². The highest BCUT2D eigenvalue weighted by atomic mass is 32.1. The number of hydrogen-bond acceptors (Lipinski definition) is 3. The third-order valence-corrected chi connectivity index (χ3v) is 4.37. The summed E-state index contributed by atoms with van der Waals surface area (Å²) in [6.07, 6.45) is 2.16. The molecule has 1 heterocycles. The van der Waals surface area contributed by atoms with E-state index >= 15 is 0 Å². The van der Waals surface area contributed by atoms with E-state index in [1.165, 1.54) is 6.07 Å². The first-order valence-electron chi connectivity index (χ1n) is 7.08. The first kappa shape index (κ1) is 15.2. The fourth-order valence-electron chi connectivity index (χ4n) is 2.87. The van der Waals surface area contributed by atoms with Crippen LogP contribution in [0, 0.1) is 5.82 Å². The lowest BCUT2D eigenvalue weighted by Gasteiger charge is -2.38. The molecule has 2 rings (SSSR count). The highest BCUT2D eigenvalue weighted by Gasteiger charge is 2.24. The zero-order chi connectivity index (χ0) is 14.7. The van der Waals surface area contributed by atoms with Crippen LogP contribution < -0.4 is 10.6 Å². The van der Waals surface area contributed by atoms with Crippen molar-refractivity contribution >= 4 is 22.9 Å². The maximum Gasteiger partial charge on any atom is 0.135 e. The SMILES string of the molecule is CCN1CCC(N(C)c2cccc(F)c2C(N)=S)CC1. The molecule has 0 saturated carbocycles. The molecule has 0 spiro atoms. The van der Waals surface area contributed by atoms with Gasteiger partial charge in [-0.3, -0.25) is 0 Å². The molecule has 1 saturated heterocycles. The second kappa shape index (κ2) is 6.50. The van der Waals surface area contributed by atoms with Crippen molar-refractivity contribution in [3.05, 3.63) is 29.6 Å². The standard InChI is InChI=1S/C15H22FN3S/c1-3-19-9-7-11(8-10-19)18(2)13-6-4-5-12(16)14(13)15(17)20/h4-6,11H,3,7-10H2,1-2H3,(H2,17,20). The Kier molecular flexibility index (Phi) is 4.94. The number of rotatable bonds is 4. The molecule has 20 heavy (non-hydrogen) atoms. The van der Waals surface area contributed by atoms with E-state index in [1.54, 1.807) is 6.07 Å². The molecule has 1 aromatic carbocycles. The van der Waals surface area contributed by atoms with Crippen LogP contribution in [0.25, 0.3) is 0 Å². The van der Waals surface area contributed by atoms with Crippen LogP contribution in [0.5, 0.6) is 0 Å². The van der Waals surface area contributed by atoms with Gasteiger partial charge in [-0.1, -0.05) is 25.2 Å². The van der Waals surface area contributed by atoms with Crippen molar-refractivity contribution in [1.82, 2.24) is 4.90 Å². The summed E-state index contributed by atoms with van der Waals surface area (Å²) in [6.45, 7) is 5.45. The normalized spacial score (nSPS) is 17.1. The zero-order valence-corrected chi connectivity index (χ0v) is 12.9. The number of benzene rings is 1. The van der Waals surface area contributed by atoms with Gasteiger partial charge in [-0.05, 0) is 31.5 Å². The highest BCUT2D eigenvalue weighted by Crippen LogP contribution is 2.27. The van der Waals surface area contributed by atoms with Crippen LogP contribution in [0.3, 0.4) is 0 Å². The molecule has 0 amide bonds. The minimum Gasteiger partial charge on any atom is -0.389 e. The number of nitrogens with two attached hydrogens (primary N) is 1. The lowest BCUT2D eigenvalue weighted by Crippen LogP contribution is -2.43. The van der Waals surface area contributed by atoms with Crippen LogP contribution in [-0.4, -0.2) is 42.6 Å². The highest BCUT2D eigenvalue weighted by molar-refractivity contribution is 7.80. The Labute approximate surface area is 125 Å². The first-order chi connectivity index (χ1) is 9.54. The van der Waals surface area contributed by atoms with E-state index in [4.69, 9.17) is 18.0 Å². The van der Waals surface area contributed by atoms with E-state index in [0.717, 1.165) is 38.2 Å². The van der Waals surface area contributed by atoms with Crippen LogP contribution >= 0.6 is 12.2 Å². The monoisotopic (exact) mass is 295 g/mol. The Balaban J connectivity index is 2.20. The summed E-state index contributed by atoms with van der Waals surface area (Å²) in [6, 6.07) is 5.42. The summed E-state index contributed by atoms with van der Waals surface area (Å²) >= 11 is 5.00. The van der Waals surface area contributed by atoms with Gasteiger partial charge in [-0.2, -0.15) is 0 Å². The van der Waals surface area contributed by atoms with Gasteiger partial charge in [0.1, 0.15) is 10.8 Å². The van der Waals surface area contributed by atoms with E-state index in [0.29, 0.717) is 11.6 Å². The number of likely N-dealkylation sites (tertiary alicyclic amines) is 1. The summed E-state index contributed by atoms with van der Waals surface area (Å²) < 4.78 is 13.9. The van der Waals surface area contributed by atoms with E-state index in [1.807, 2.05) is 13.1 Å². The van der Waals surface area contributed by atoms with E-state index in [2.05, 4.69) is 16.7 Å². The molecule has 0 unspecified atom stereocenters. The average Bonchev–Trinajstić information content (AvgIpc) is 2.46. The molecular formula is C15H22FN3S. The predicted molar refractivity (Wildman–Crippen MR) is 85.8 cm³/mol. The number of thiocarbonyl (C=S) groups is 1. The minimum absolute atomic E-state index is 0.121. The van der Waals surface area contributed by atoms with Gasteiger partial charge in [-0.25, -0.2) is 4.39 Å². The van der Waals surface area contributed by atoms with E-state index in [-0.39, 0.29) is 10.8 Å². The Bertz CT molecular complexity index is 484. The van der Waals surface area contributed by atoms with E-state index < -0.39 is 0 Å². The van der Waals surface area contributed by atoms with Crippen molar-refractivity contribution < 1.29 is 4.39 Å². The molecule has 5 heteroatoms. The number of piperidine rings is 1. The fourth-order valence-corrected chi connectivity index (χ4v) is 3.07. The maximum atomic E-state index is 13.9. The van der Waals surface area contributed by atoms with Crippen molar-refractivity contribution in [2.24, 2.45) is 5.73 Å². The molecule has 1 aliphatic rings. The van der Waals surface area contributed by atoms with Crippen LogP contribution in [0.2, 0.25) is 0 Å². The topological polar surface area (TPSA) is 32.5 Å². The molecule has 1 aromatic rings. The van der Waals surface area contributed by atoms with E-state index in [9.17, 15) is 4.39 Å². The predicted octanol–water partition coefficient (Wildman–Crippen LogP) is 2.38. The van der Waals surface area contributed by atoms with Gasteiger partial charge in [0.15, 0.2) is 0 Å². The smallest absolute Gasteiger partial charge is 0.135 e. The van der Waals surface area contributed by atoms with Gasteiger partial charge < -0.3 is 15.5 Å². The zero-order valence-electron chi connectivity index (χ0n) is 12.1. The molecule has 3 nitrogen and oxygen atoms in total. The average molecular weight is 295 g/mol. The molecule has 1 fully saturated rings. The van der Waals surface area contributed by atoms with Crippen molar-refractivity contribution in [2.75, 3.05) is 31.6 Å². The number of nitrogens with zero attached hydrogens (tertiary/aromatic N) is 2. The lowest BCUT2D eigenvalue weighted by molar-refractivity contribution is 0.221. The van der Waals surface area contributed by atoms with Crippen molar-refractivity contribution in [3.8, 4) is 0 Å². The first-order valence-corrected chi connectivity index (χ1v) is 7.49. The molecule has 0 radical (unpaired) electrons. The molecule has 0 bridgehead atoms. The summed E-state index contributed by atoms with van der Waals surface area (Å²) in [7, 11) is 2.00. The van der Waals surface area contributed by atoms with Gasteiger partial charge in [0, 0.05) is 31.9 Å². The Morgan fingerprint density at radius 3 is 2.65 bits per heavy atom. The second-order valence-electron chi connectivity index (χ2n) is 5.27. The van der Waals surface area contributed by atoms with Gasteiger partial charge >= 0.3 is 0 Å². The van der Waals surface area contributed by atoms with Crippen LogP contribution in [0.1, 0.15) is 25.3 Å². The maximum absolute atomic E-state index is 13.9. The quantitative estimate of drug-likeness (QED) is 0.865. The number of anilines is 1. The van der Waals surface area contributed by atoms with Gasteiger partial charge in [0.2, 0.25) is 0 Å². The molecular weight excluding hydrogens is 273 g/mol. The van der Waals surface area contributed by atoms with Gasteiger partial charge in [0.05, 0.1) is 5.56 Å². The third-order valence-electron chi connectivity index (χ3n) is 4.17. The third kappa shape index (κ3) is 3.10.